The lowest BCUT2D eigenvalue weighted by atomic mass is 10.1. The second-order valence-electron chi connectivity index (χ2n) is 7.24. The van der Waals surface area contributed by atoms with E-state index < -0.39 is 5.91 Å². The molecule has 0 saturated carbocycles. The van der Waals surface area contributed by atoms with Crippen LogP contribution in [0.1, 0.15) is 22.3 Å². The molecule has 3 rings (SSSR count). The molecule has 0 bridgehead atoms. The average Bonchev–Trinajstić information content (AvgIpc) is 2.80. The number of aryl methyl sites for hydroxylation is 2. The standard InChI is InChI=1S/C26H23BrN2O3/c1-17-4-5-19(12-18(17)2)16-32-25-14-24(31-3)11-6-20(25)13-21(15-28)26(30)29-23-9-7-22(27)8-10-23/h4-14H,16H2,1-3H3,(H,29,30)/b21-13+. The number of carbonyl (C=O) groups is 1. The van der Waals surface area contributed by atoms with Crippen LogP contribution in [0.15, 0.2) is 70.7 Å². The number of nitrogens with one attached hydrogen (secondary N) is 1. The maximum atomic E-state index is 12.6. The zero-order chi connectivity index (χ0) is 23.1. The zero-order valence-corrected chi connectivity index (χ0v) is 19.7. The van der Waals surface area contributed by atoms with Crippen molar-refractivity contribution in [3.8, 4) is 17.6 Å². The first-order chi connectivity index (χ1) is 15.4. The Kier molecular flexibility index (Phi) is 7.69. The van der Waals surface area contributed by atoms with Crippen molar-refractivity contribution in [2.75, 3.05) is 12.4 Å². The van der Waals surface area contributed by atoms with E-state index >= 15 is 0 Å². The average molecular weight is 491 g/mol. The number of nitrogens with zero attached hydrogens (tertiary/aromatic N) is 1. The number of amides is 1. The van der Waals surface area contributed by atoms with Crippen LogP contribution in [0.25, 0.3) is 6.08 Å². The molecule has 3 aromatic rings. The normalized spacial score (nSPS) is 10.9. The first kappa shape index (κ1) is 23.1. The maximum Gasteiger partial charge on any atom is 0.266 e. The fourth-order valence-electron chi connectivity index (χ4n) is 2.98. The molecule has 32 heavy (non-hydrogen) atoms. The van der Waals surface area contributed by atoms with Crippen LogP contribution in [0, 0.1) is 25.2 Å². The second kappa shape index (κ2) is 10.7. The van der Waals surface area contributed by atoms with Gasteiger partial charge in [-0.1, -0.05) is 34.1 Å². The van der Waals surface area contributed by atoms with Crippen molar-refractivity contribution in [2.45, 2.75) is 20.5 Å². The van der Waals surface area contributed by atoms with Crippen molar-refractivity contribution < 1.29 is 14.3 Å². The quantitative estimate of drug-likeness (QED) is 0.316. The fraction of sp³-hybridized carbons (Fsp3) is 0.154. The SMILES string of the molecule is COc1ccc(/C=C(\C#N)C(=O)Nc2ccc(Br)cc2)c(OCc2ccc(C)c(C)c2)c1. The van der Waals surface area contributed by atoms with E-state index in [2.05, 4.69) is 47.2 Å². The molecular formula is C26H23BrN2O3. The summed E-state index contributed by atoms with van der Waals surface area (Å²) >= 11 is 3.36. The van der Waals surface area contributed by atoms with Gasteiger partial charge in [0.1, 0.15) is 29.7 Å². The highest BCUT2D eigenvalue weighted by molar-refractivity contribution is 9.10. The molecule has 0 aliphatic heterocycles. The van der Waals surface area contributed by atoms with Gasteiger partial charge in [-0.3, -0.25) is 4.79 Å². The van der Waals surface area contributed by atoms with Gasteiger partial charge >= 0.3 is 0 Å². The Morgan fingerprint density at radius 2 is 1.81 bits per heavy atom. The Bertz CT molecular complexity index is 1190. The lowest BCUT2D eigenvalue weighted by molar-refractivity contribution is -0.112. The number of ether oxygens (including phenoxy) is 2. The van der Waals surface area contributed by atoms with Gasteiger partial charge < -0.3 is 14.8 Å². The van der Waals surface area contributed by atoms with E-state index in [0.29, 0.717) is 29.4 Å². The fourth-order valence-corrected chi connectivity index (χ4v) is 3.24. The molecular weight excluding hydrogens is 468 g/mol. The molecule has 0 radical (unpaired) electrons. The molecule has 0 aliphatic carbocycles. The molecule has 5 nitrogen and oxygen atoms in total. The summed E-state index contributed by atoms with van der Waals surface area (Å²) in [5.74, 6) is 0.646. The Balaban J connectivity index is 1.85. The van der Waals surface area contributed by atoms with Gasteiger partial charge in [0.15, 0.2) is 0 Å². The van der Waals surface area contributed by atoms with E-state index in [9.17, 15) is 10.1 Å². The van der Waals surface area contributed by atoms with Crippen molar-refractivity contribution >= 4 is 33.6 Å². The summed E-state index contributed by atoms with van der Waals surface area (Å²) in [6.45, 7) is 4.47. The number of nitriles is 1. The topological polar surface area (TPSA) is 71.3 Å². The highest BCUT2D eigenvalue weighted by Gasteiger charge is 2.13. The van der Waals surface area contributed by atoms with Crippen LogP contribution in [0.5, 0.6) is 11.5 Å². The third-order valence-corrected chi connectivity index (χ3v) is 5.48. The minimum Gasteiger partial charge on any atom is -0.497 e. The molecule has 3 aromatic carbocycles. The van der Waals surface area contributed by atoms with Gasteiger partial charge in [-0.15, -0.1) is 0 Å². The predicted molar refractivity (Wildman–Crippen MR) is 130 cm³/mol. The minimum absolute atomic E-state index is 0.0332. The number of anilines is 1. The molecule has 0 unspecified atom stereocenters. The van der Waals surface area contributed by atoms with E-state index in [1.54, 1.807) is 37.4 Å². The first-order valence-corrected chi connectivity index (χ1v) is 10.7. The summed E-state index contributed by atoms with van der Waals surface area (Å²) < 4.78 is 12.3. The Hall–Kier alpha value is -3.56. The summed E-state index contributed by atoms with van der Waals surface area (Å²) in [6, 6.07) is 20.5. The molecule has 0 spiro atoms. The lowest BCUT2D eigenvalue weighted by Gasteiger charge is -2.13. The summed E-state index contributed by atoms with van der Waals surface area (Å²) in [5.41, 5.74) is 4.60. The molecule has 0 aromatic heterocycles. The van der Waals surface area contributed by atoms with E-state index in [-0.39, 0.29) is 5.57 Å². The van der Waals surface area contributed by atoms with Gasteiger partial charge in [0.05, 0.1) is 7.11 Å². The van der Waals surface area contributed by atoms with E-state index in [0.717, 1.165) is 10.0 Å². The monoisotopic (exact) mass is 490 g/mol. The minimum atomic E-state index is -0.495. The molecule has 0 saturated heterocycles. The van der Waals surface area contributed by atoms with Gasteiger partial charge in [0.25, 0.3) is 5.91 Å². The van der Waals surface area contributed by atoms with Crippen LogP contribution in [0.4, 0.5) is 5.69 Å². The van der Waals surface area contributed by atoms with Crippen LogP contribution >= 0.6 is 15.9 Å². The second-order valence-corrected chi connectivity index (χ2v) is 8.16. The molecule has 6 heteroatoms. The summed E-state index contributed by atoms with van der Waals surface area (Å²) in [7, 11) is 1.57. The predicted octanol–water partition coefficient (Wildman–Crippen LogP) is 6.20. The zero-order valence-electron chi connectivity index (χ0n) is 18.1. The van der Waals surface area contributed by atoms with Gasteiger partial charge in [-0.05, 0) is 73.0 Å². The molecule has 1 amide bonds. The van der Waals surface area contributed by atoms with Gasteiger partial charge in [0.2, 0.25) is 0 Å². The number of methoxy groups -OCH3 is 1. The van der Waals surface area contributed by atoms with E-state index in [4.69, 9.17) is 9.47 Å². The van der Waals surface area contributed by atoms with Crippen molar-refractivity contribution in [3.05, 3.63) is 93.0 Å². The van der Waals surface area contributed by atoms with Crippen molar-refractivity contribution in [1.29, 1.82) is 5.26 Å². The number of hydrogen-bond donors (Lipinski definition) is 1. The van der Waals surface area contributed by atoms with Crippen LogP contribution < -0.4 is 14.8 Å². The van der Waals surface area contributed by atoms with Crippen LogP contribution in [0.3, 0.4) is 0 Å². The van der Waals surface area contributed by atoms with Crippen molar-refractivity contribution in [3.63, 3.8) is 0 Å². The van der Waals surface area contributed by atoms with Crippen LogP contribution in [-0.2, 0) is 11.4 Å². The summed E-state index contributed by atoms with van der Waals surface area (Å²) in [6.07, 6.45) is 1.52. The number of hydrogen-bond acceptors (Lipinski definition) is 4. The Morgan fingerprint density at radius 3 is 2.47 bits per heavy atom. The van der Waals surface area contributed by atoms with Crippen molar-refractivity contribution in [1.82, 2.24) is 0 Å². The number of halogens is 1. The summed E-state index contributed by atoms with van der Waals surface area (Å²) in [5, 5.41) is 12.3. The molecule has 0 fully saturated rings. The first-order valence-electron chi connectivity index (χ1n) is 9.95. The smallest absolute Gasteiger partial charge is 0.266 e. The van der Waals surface area contributed by atoms with Crippen LogP contribution in [-0.4, -0.2) is 13.0 Å². The lowest BCUT2D eigenvalue weighted by Crippen LogP contribution is -2.13. The Morgan fingerprint density at radius 1 is 1.06 bits per heavy atom. The Labute approximate surface area is 196 Å². The molecule has 0 heterocycles. The maximum absolute atomic E-state index is 12.6. The molecule has 1 N–H and O–H groups in total. The van der Waals surface area contributed by atoms with Gasteiger partial charge in [0, 0.05) is 21.8 Å². The largest absolute Gasteiger partial charge is 0.497 e. The number of rotatable bonds is 7. The van der Waals surface area contributed by atoms with E-state index in [1.165, 1.54) is 17.2 Å². The van der Waals surface area contributed by atoms with Gasteiger partial charge in [-0.2, -0.15) is 5.26 Å². The number of carbonyl (C=O) groups excluding carboxylic acids is 1. The highest BCUT2D eigenvalue weighted by atomic mass is 79.9. The highest BCUT2D eigenvalue weighted by Crippen LogP contribution is 2.28. The van der Waals surface area contributed by atoms with Crippen molar-refractivity contribution in [2.24, 2.45) is 0 Å². The third-order valence-electron chi connectivity index (χ3n) is 4.95. The molecule has 0 aliphatic rings. The van der Waals surface area contributed by atoms with E-state index in [1.807, 2.05) is 24.3 Å². The third kappa shape index (κ3) is 5.99. The molecule has 0 atom stereocenters. The number of benzene rings is 3. The van der Waals surface area contributed by atoms with Crippen LogP contribution in [0.2, 0.25) is 0 Å². The molecule has 162 valence electrons. The summed E-state index contributed by atoms with van der Waals surface area (Å²) in [4.78, 5) is 12.6. The van der Waals surface area contributed by atoms with Gasteiger partial charge in [-0.25, -0.2) is 0 Å².